The summed E-state index contributed by atoms with van der Waals surface area (Å²) >= 11 is 7.26. The third-order valence-electron chi connectivity index (χ3n) is 6.55. The Hall–Kier alpha value is -3.85. The average molecular weight is 561 g/mol. The quantitative estimate of drug-likeness (QED) is 0.312. The minimum absolute atomic E-state index is 0.0895. The fraction of sp³-hybridized carbons (Fsp3) is 0.167. The second-order valence-corrected chi connectivity index (χ2v) is 10.3. The first-order valence-corrected chi connectivity index (χ1v) is 13.8. The molecule has 1 fully saturated rings. The van der Waals surface area contributed by atoms with Crippen LogP contribution in [0, 0.1) is 0 Å². The summed E-state index contributed by atoms with van der Waals surface area (Å²) in [7, 11) is 0. The number of aliphatic hydroxyl groups is 1. The summed E-state index contributed by atoms with van der Waals surface area (Å²) in [6.07, 6.45) is -0.553. The number of halogens is 1. The highest BCUT2D eigenvalue weighted by molar-refractivity contribution is 8.00. The van der Waals surface area contributed by atoms with Crippen molar-refractivity contribution in [2.24, 2.45) is 0 Å². The highest BCUT2D eigenvalue weighted by Gasteiger charge is 2.54. The number of allylic oxidation sites excluding steroid dienone is 1. The maximum atomic E-state index is 13.7. The molecule has 2 amide bonds. The molecule has 3 aromatic carbocycles. The van der Waals surface area contributed by atoms with Gasteiger partial charge in [0.2, 0.25) is 0 Å². The Morgan fingerprint density at radius 1 is 0.949 bits per heavy atom. The number of thioether (sulfide) groups is 1. The summed E-state index contributed by atoms with van der Waals surface area (Å²) < 4.78 is 6.05. The zero-order valence-electron chi connectivity index (χ0n) is 20.6. The number of fused-ring (bicyclic) bond motifs is 1. The van der Waals surface area contributed by atoms with E-state index < -0.39 is 41.4 Å². The van der Waals surface area contributed by atoms with Crippen molar-refractivity contribution in [1.29, 1.82) is 0 Å². The van der Waals surface area contributed by atoms with Gasteiger partial charge in [0.05, 0.1) is 0 Å². The topological polar surface area (TPSA) is 95.9 Å². The zero-order chi connectivity index (χ0) is 27.4. The summed E-state index contributed by atoms with van der Waals surface area (Å²) in [5, 5.41) is 12.6. The van der Waals surface area contributed by atoms with E-state index >= 15 is 0 Å². The molecule has 2 aliphatic heterocycles. The minimum Gasteiger partial charge on any atom is -0.448 e. The summed E-state index contributed by atoms with van der Waals surface area (Å²) in [5.74, 6) is -1.46. The lowest BCUT2D eigenvalue weighted by molar-refractivity contribution is -0.155. The van der Waals surface area contributed by atoms with Gasteiger partial charge in [-0.05, 0) is 28.3 Å². The number of ether oxygens (including phenoxy) is 1. The monoisotopic (exact) mass is 560 g/mol. The normalized spacial score (nSPS) is 19.5. The molecule has 0 spiro atoms. The van der Waals surface area contributed by atoms with Crippen LogP contribution in [0.4, 0.5) is 0 Å². The van der Waals surface area contributed by atoms with Crippen LogP contribution in [-0.4, -0.2) is 45.0 Å². The number of esters is 1. The van der Waals surface area contributed by atoms with Crippen molar-refractivity contribution in [3.8, 4) is 0 Å². The molecule has 0 saturated carbocycles. The molecule has 0 aliphatic carbocycles. The van der Waals surface area contributed by atoms with Crippen LogP contribution in [0.2, 0.25) is 0 Å². The molecule has 1 saturated heterocycles. The van der Waals surface area contributed by atoms with Gasteiger partial charge < -0.3 is 15.2 Å². The number of aliphatic hydroxyl groups excluding tert-OH is 1. The molecule has 7 nitrogen and oxygen atoms in total. The van der Waals surface area contributed by atoms with E-state index in [1.807, 2.05) is 60.7 Å². The van der Waals surface area contributed by atoms with Crippen LogP contribution < -0.4 is 5.32 Å². The Morgan fingerprint density at radius 2 is 1.49 bits per heavy atom. The van der Waals surface area contributed by atoms with Crippen molar-refractivity contribution < 1.29 is 24.2 Å². The molecular formula is C30H25ClN2O5S. The first kappa shape index (κ1) is 26.7. The number of rotatable bonds is 8. The van der Waals surface area contributed by atoms with Gasteiger partial charge in [-0.2, -0.15) is 0 Å². The molecule has 2 N–H and O–H groups in total. The van der Waals surface area contributed by atoms with Gasteiger partial charge in [-0.15, -0.1) is 11.8 Å². The van der Waals surface area contributed by atoms with Crippen LogP contribution in [0.5, 0.6) is 0 Å². The summed E-state index contributed by atoms with van der Waals surface area (Å²) in [6, 6.07) is 26.3. The van der Waals surface area contributed by atoms with E-state index in [4.69, 9.17) is 16.3 Å². The predicted molar refractivity (Wildman–Crippen MR) is 149 cm³/mol. The number of nitrogens with one attached hydrogen (secondary N) is 1. The summed E-state index contributed by atoms with van der Waals surface area (Å²) in [5.41, 5.74) is 3.90. The van der Waals surface area contributed by atoms with Gasteiger partial charge in [-0.1, -0.05) is 103 Å². The number of benzene rings is 3. The molecule has 0 aromatic heterocycles. The number of hydrogen-bond acceptors (Lipinski definition) is 6. The number of carbonyl (C=O) groups excluding carboxylic acids is 3. The maximum Gasteiger partial charge on any atom is 0.356 e. The Balaban J connectivity index is 1.38. The van der Waals surface area contributed by atoms with E-state index in [1.165, 1.54) is 22.2 Å². The fourth-order valence-corrected chi connectivity index (χ4v) is 6.07. The molecule has 39 heavy (non-hydrogen) atoms. The molecule has 198 valence electrons. The summed E-state index contributed by atoms with van der Waals surface area (Å²) in [4.78, 5) is 41.1. The van der Waals surface area contributed by atoms with Crippen molar-refractivity contribution >= 4 is 41.1 Å². The molecule has 5 rings (SSSR count). The van der Waals surface area contributed by atoms with Gasteiger partial charge in [-0.3, -0.25) is 14.5 Å². The van der Waals surface area contributed by atoms with Crippen molar-refractivity contribution in [3.05, 3.63) is 131 Å². The van der Waals surface area contributed by atoms with Crippen LogP contribution in [0.1, 0.15) is 28.9 Å². The largest absolute Gasteiger partial charge is 0.448 e. The fourth-order valence-electron chi connectivity index (χ4n) is 4.60. The second-order valence-electron chi connectivity index (χ2n) is 8.98. The number of amides is 2. The molecule has 1 unspecified atom stereocenters. The molecule has 3 atom stereocenters. The van der Waals surface area contributed by atoms with Crippen LogP contribution in [0.3, 0.4) is 0 Å². The lowest BCUT2D eigenvalue weighted by Crippen LogP contribution is -2.70. The molecule has 9 heteroatoms. The first-order valence-electron chi connectivity index (χ1n) is 12.3. The van der Waals surface area contributed by atoms with Gasteiger partial charge >= 0.3 is 5.97 Å². The lowest BCUT2D eigenvalue weighted by atomic mass is 10.00. The SMILES string of the molecule is O=C(OC(c1ccccc1)c1ccccc1)C1=C(/C=C/Cl)CS[C@@H]2C(NC(=O)[C@H](O)c3ccccc3)C(=O)N12. The van der Waals surface area contributed by atoms with E-state index in [9.17, 15) is 19.5 Å². The third kappa shape index (κ3) is 5.49. The van der Waals surface area contributed by atoms with E-state index in [2.05, 4.69) is 5.32 Å². The van der Waals surface area contributed by atoms with Crippen molar-refractivity contribution in [2.45, 2.75) is 23.6 Å². The zero-order valence-corrected chi connectivity index (χ0v) is 22.2. The number of nitrogens with zero attached hydrogens (tertiary/aromatic N) is 1. The van der Waals surface area contributed by atoms with Crippen LogP contribution in [0.25, 0.3) is 0 Å². The van der Waals surface area contributed by atoms with Gasteiger partial charge in [0.15, 0.2) is 12.2 Å². The van der Waals surface area contributed by atoms with E-state index in [0.29, 0.717) is 16.9 Å². The van der Waals surface area contributed by atoms with Crippen molar-refractivity contribution in [1.82, 2.24) is 10.2 Å². The smallest absolute Gasteiger partial charge is 0.356 e. The Morgan fingerprint density at radius 3 is 2.03 bits per heavy atom. The molecule has 2 aliphatic rings. The highest BCUT2D eigenvalue weighted by Crippen LogP contribution is 2.42. The molecule has 3 aromatic rings. The first-order chi connectivity index (χ1) is 19.0. The van der Waals surface area contributed by atoms with Gasteiger partial charge in [-0.25, -0.2) is 4.79 Å². The second kappa shape index (κ2) is 11.9. The Bertz CT molecular complexity index is 1380. The molecular weight excluding hydrogens is 536 g/mol. The number of carbonyl (C=O) groups is 3. The third-order valence-corrected chi connectivity index (χ3v) is 7.97. The van der Waals surface area contributed by atoms with E-state index in [0.717, 1.165) is 11.1 Å². The molecule has 2 heterocycles. The van der Waals surface area contributed by atoms with Crippen molar-refractivity contribution in [3.63, 3.8) is 0 Å². The lowest BCUT2D eigenvalue weighted by Gasteiger charge is -2.49. The minimum atomic E-state index is -1.42. The predicted octanol–water partition coefficient (Wildman–Crippen LogP) is 4.46. The highest BCUT2D eigenvalue weighted by atomic mass is 35.5. The number of β-lactam (4-membered cyclic amide) rings is 1. The van der Waals surface area contributed by atoms with Gasteiger partial charge in [0, 0.05) is 11.3 Å². The van der Waals surface area contributed by atoms with Crippen molar-refractivity contribution in [2.75, 3.05) is 5.75 Å². The van der Waals surface area contributed by atoms with E-state index in [-0.39, 0.29) is 5.70 Å². The summed E-state index contributed by atoms with van der Waals surface area (Å²) in [6.45, 7) is 0. The number of hydrogen-bond donors (Lipinski definition) is 2. The molecule has 0 bridgehead atoms. The maximum absolute atomic E-state index is 13.7. The van der Waals surface area contributed by atoms with Crippen LogP contribution in [-0.2, 0) is 19.1 Å². The van der Waals surface area contributed by atoms with Crippen LogP contribution in [0.15, 0.2) is 114 Å². The average Bonchev–Trinajstić information content (AvgIpc) is 2.99. The standard InChI is InChI=1S/C30H25ClN2O5S/c31-17-16-22-18-39-29-23(32-27(35)25(34)19-10-4-1-5-11-19)28(36)33(29)24(22)30(37)38-26(20-12-6-2-7-13-20)21-14-8-3-9-15-21/h1-17,23,25-26,29,34H,18H2,(H,32,35)/b17-16+/t23?,25-,29-/m1/s1. The van der Waals surface area contributed by atoms with Gasteiger partial charge in [0.1, 0.15) is 17.1 Å². The van der Waals surface area contributed by atoms with Gasteiger partial charge in [0.25, 0.3) is 11.8 Å². The van der Waals surface area contributed by atoms with Crippen LogP contribution >= 0.6 is 23.4 Å². The Kier molecular flexibility index (Phi) is 8.16. The molecule has 0 radical (unpaired) electrons. The Labute approximate surface area is 235 Å². The van der Waals surface area contributed by atoms with E-state index in [1.54, 1.807) is 36.4 Å².